The zero-order valence-corrected chi connectivity index (χ0v) is 18.0. The summed E-state index contributed by atoms with van der Waals surface area (Å²) in [4.78, 5) is 4.38. The number of aromatic nitrogens is 1. The molecule has 154 valence electrons. The molecule has 0 saturated heterocycles. The molecular formula is C26H22N2O2S. The van der Waals surface area contributed by atoms with Gasteiger partial charge in [-0.25, -0.2) is 8.42 Å². The van der Waals surface area contributed by atoms with Crippen LogP contribution in [0.1, 0.15) is 11.1 Å². The minimum absolute atomic E-state index is 0.315. The summed E-state index contributed by atoms with van der Waals surface area (Å²) >= 11 is 0. The fraction of sp³-hybridized carbons (Fsp3) is 0.115. The molecule has 0 spiro atoms. The first-order chi connectivity index (χ1) is 15.0. The molecule has 0 N–H and O–H groups in total. The molecule has 1 aromatic heterocycles. The molecule has 0 atom stereocenters. The van der Waals surface area contributed by atoms with Crippen LogP contribution >= 0.6 is 0 Å². The van der Waals surface area contributed by atoms with E-state index in [1.807, 2.05) is 61.5 Å². The van der Waals surface area contributed by atoms with Gasteiger partial charge in [0.15, 0.2) is 0 Å². The van der Waals surface area contributed by atoms with E-state index in [2.05, 4.69) is 17.1 Å². The van der Waals surface area contributed by atoms with Gasteiger partial charge in [0.2, 0.25) is 0 Å². The van der Waals surface area contributed by atoms with Crippen molar-refractivity contribution in [3.63, 3.8) is 0 Å². The maximum Gasteiger partial charge on any atom is 0.264 e. The lowest BCUT2D eigenvalue weighted by Gasteiger charge is -2.20. The molecule has 0 saturated carbocycles. The fourth-order valence-electron chi connectivity index (χ4n) is 4.12. The van der Waals surface area contributed by atoms with E-state index in [9.17, 15) is 8.42 Å². The third-order valence-electron chi connectivity index (χ3n) is 5.74. The number of sulfonamides is 1. The summed E-state index contributed by atoms with van der Waals surface area (Å²) in [6.45, 7) is 2.50. The highest BCUT2D eigenvalue weighted by molar-refractivity contribution is 7.92. The van der Waals surface area contributed by atoms with Crippen LogP contribution in [0.4, 0.5) is 5.69 Å². The average molecular weight is 427 g/mol. The van der Waals surface area contributed by atoms with E-state index in [0.717, 1.165) is 33.5 Å². The van der Waals surface area contributed by atoms with E-state index < -0.39 is 10.0 Å². The molecule has 0 unspecified atom stereocenters. The first-order valence-electron chi connectivity index (χ1n) is 10.3. The van der Waals surface area contributed by atoms with Crippen molar-refractivity contribution >= 4 is 15.7 Å². The van der Waals surface area contributed by atoms with E-state index >= 15 is 0 Å². The Bertz CT molecular complexity index is 1350. The molecule has 4 nitrogen and oxygen atoms in total. The molecule has 0 fully saturated rings. The molecule has 0 amide bonds. The van der Waals surface area contributed by atoms with E-state index in [1.165, 1.54) is 9.87 Å². The van der Waals surface area contributed by atoms with Gasteiger partial charge >= 0.3 is 0 Å². The first kappa shape index (κ1) is 19.5. The predicted octanol–water partition coefficient (Wildman–Crippen LogP) is 5.48. The number of hydrogen-bond acceptors (Lipinski definition) is 3. The standard InChI is InChI=1S/C26H22N2O2S/c1-19-3-2-4-22(17-19)20-5-8-25(9-6-20)31(29,30)28-16-13-24-18-23(7-10-26(24)28)21-11-14-27-15-12-21/h2-12,14-15,17-18H,13,16H2,1H3. The zero-order chi connectivity index (χ0) is 21.4. The van der Waals surface area contributed by atoms with Crippen LogP contribution in [0.5, 0.6) is 0 Å². The van der Waals surface area contributed by atoms with Crippen molar-refractivity contribution in [2.45, 2.75) is 18.2 Å². The summed E-state index contributed by atoms with van der Waals surface area (Å²) < 4.78 is 28.3. The topological polar surface area (TPSA) is 50.3 Å². The van der Waals surface area contributed by atoms with Gasteiger partial charge in [0, 0.05) is 18.9 Å². The van der Waals surface area contributed by atoms with Crippen LogP contribution < -0.4 is 4.31 Å². The second kappa shape index (κ2) is 7.67. The molecule has 1 aliphatic heterocycles. The Balaban J connectivity index is 1.45. The van der Waals surface area contributed by atoms with Crippen molar-refractivity contribution in [1.82, 2.24) is 4.98 Å². The van der Waals surface area contributed by atoms with Crippen molar-refractivity contribution in [2.24, 2.45) is 0 Å². The number of fused-ring (bicyclic) bond motifs is 1. The number of nitrogens with zero attached hydrogens (tertiary/aromatic N) is 2. The number of rotatable bonds is 4. The largest absolute Gasteiger partial charge is 0.266 e. The molecular weight excluding hydrogens is 404 g/mol. The van der Waals surface area contributed by atoms with Crippen LogP contribution in [0.2, 0.25) is 0 Å². The quantitative estimate of drug-likeness (QED) is 0.434. The van der Waals surface area contributed by atoms with Gasteiger partial charge in [-0.1, -0.05) is 48.0 Å². The van der Waals surface area contributed by atoms with E-state index in [0.29, 0.717) is 17.9 Å². The lowest BCUT2D eigenvalue weighted by molar-refractivity contribution is 0.592. The van der Waals surface area contributed by atoms with Crippen LogP contribution in [0.15, 0.2) is 96.2 Å². The van der Waals surface area contributed by atoms with Gasteiger partial charge < -0.3 is 0 Å². The predicted molar refractivity (Wildman–Crippen MR) is 125 cm³/mol. The lowest BCUT2D eigenvalue weighted by atomic mass is 10.0. The average Bonchev–Trinajstić information content (AvgIpc) is 3.24. The van der Waals surface area contributed by atoms with Gasteiger partial charge in [0.05, 0.1) is 10.6 Å². The van der Waals surface area contributed by atoms with Gasteiger partial charge in [0.25, 0.3) is 10.0 Å². The second-order valence-electron chi connectivity index (χ2n) is 7.80. The van der Waals surface area contributed by atoms with Crippen molar-refractivity contribution in [1.29, 1.82) is 0 Å². The summed E-state index contributed by atoms with van der Waals surface area (Å²) in [6, 6.07) is 25.3. The van der Waals surface area contributed by atoms with Gasteiger partial charge in [0.1, 0.15) is 0 Å². The van der Waals surface area contributed by atoms with Gasteiger partial charge in [-0.2, -0.15) is 0 Å². The third-order valence-corrected chi connectivity index (χ3v) is 7.57. The highest BCUT2D eigenvalue weighted by Gasteiger charge is 2.31. The van der Waals surface area contributed by atoms with Crippen molar-refractivity contribution in [3.05, 3.63) is 102 Å². The Kier molecular flexibility index (Phi) is 4.83. The van der Waals surface area contributed by atoms with Crippen molar-refractivity contribution < 1.29 is 8.42 Å². The van der Waals surface area contributed by atoms with Crippen LogP contribution in [-0.2, 0) is 16.4 Å². The first-order valence-corrected chi connectivity index (χ1v) is 11.7. The van der Waals surface area contributed by atoms with E-state index in [-0.39, 0.29) is 0 Å². The maximum atomic E-state index is 13.4. The van der Waals surface area contributed by atoms with Crippen LogP contribution in [0.3, 0.4) is 0 Å². The maximum absolute atomic E-state index is 13.4. The van der Waals surface area contributed by atoms with Crippen LogP contribution in [0.25, 0.3) is 22.3 Å². The number of pyridine rings is 1. The highest BCUT2D eigenvalue weighted by Crippen LogP contribution is 2.36. The Hall–Kier alpha value is -3.44. The summed E-state index contributed by atoms with van der Waals surface area (Å²) in [6.07, 6.45) is 4.23. The summed E-state index contributed by atoms with van der Waals surface area (Å²) in [5, 5.41) is 0. The molecule has 0 radical (unpaired) electrons. The normalized spacial score (nSPS) is 13.3. The molecule has 31 heavy (non-hydrogen) atoms. The number of benzene rings is 3. The SMILES string of the molecule is Cc1cccc(-c2ccc(S(=O)(=O)N3CCc4cc(-c5ccncc5)ccc43)cc2)c1. The number of hydrogen-bond donors (Lipinski definition) is 0. The van der Waals surface area contributed by atoms with Crippen molar-refractivity contribution in [2.75, 3.05) is 10.8 Å². The highest BCUT2D eigenvalue weighted by atomic mass is 32.2. The van der Waals surface area contributed by atoms with E-state index in [1.54, 1.807) is 24.5 Å². The van der Waals surface area contributed by atoms with Crippen LogP contribution in [0, 0.1) is 6.92 Å². The molecule has 1 aliphatic rings. The number of anilines is 1. The van der Waals surface area contributed by atoms with Gasteiger partial charge in [-0.15, -0.1) is 0 Å². The molecule has 5 rings (SSSR count). The molecule has 2 heterocycles. The zero-order valence-electron chi connectivity index (χ0n) is 17.2. The number of aryl methyl sites for hydroxylation is 1. The van der Waals surface area contributed by atoms with Crippen molar-refractivity contribution in [3.8, 4) is 22.3 Å². The minimum atomic E-state index is -3.61. The molecule has 4 aromatic rings. The second-order valence-corrected chi connectivity index (χ2v) is 9.66. The van der Waals surface area contributed by atoms with Gasteiger partial charge in [-0.05, 0) is 77.6 Å². The van der Waals surface area contributed by atoms with Crippen LogP contribution in [-0.4, -0.2) is 19.9 Å². The monoisotopic (exact) mass is 426 g/mol. The Morgan fingerprint density at radius 1 is 0.774 bits per heavy atom. The van der Waals surface area contributed by atoms with Gasteiger partial charge in [-0.3, -0.25) is 9.29 Å². The lowest BCUT2D eigenvalue weighted by Crippen LogP contribution is -2.29. The molecule has 0 bridgehead atoms. The van der Waals surface area contributed by atoms with E-state index in [4.69, 9.17) is 0 Å². The summed E-state index contributed by atoms with van der Waals surface area (Å²) in [7, 11) is -3.61. The molecule has 0 aliphatic carbocycles. The summed E-state index contributed by atoms with van der Waals surface area (Å²) in [5.74, 6) is 0. The Morgan fingerprint density at radius 3 is 2.19 bits per heavy atom. The Labute approximate surface area is 182 Å². The molecule has 5 heteroatoms. The Morgan fingerprint density at radius 2 is 1.45 bits per heavy atom. The molecule has 3 aromatic carbocycles. The summed E-state index contributed by atoms with van der Waals surface area (Å²) in [5.41, 5.74) is 7.23. The fourth-order valence-corrected chi connectivity index (χ4v) is 5.62. The third kappa shape index (κ3) is 3.62. The minimum Gasteiger partial charge on any atom is -0.266 e. The smallest absolute Gasteiger partial charge is 0.264 e.